The van der Waals surface area contributed by atoms with Crippen molar-refractivity contribution < 1.29 is 9.59 Å². The summed E-state index contributed by atoms with van der Waals surface area (Å²) in [5, 5.41) is 3.10. The van der Waals surface area contributed by atoms with Crippen LogP contribution in [0.15, 0.2) is 24.3 Å². The van der Waals surface area contributed by atoms with Gasteiger partial charge in [-0.25, -0.2) is 0 Å². The van der Waals surface area contributed by atoms with Crippen molar-refractivity contribution in [1.82, 2.24) is 15.1 Å². The molecule has 0 bridgehead atoms. The molecule has 1 aromatic rings. The fourth-order valence-electron chi connectivity index (χ4n) is 3.67. The lowest BCUT2D eigenvalue weighted by molar-refractivity contribution is -0.128. The van der Waals surface area contributed by atoms with Gasteiger partial charge in [0.15, 0.2) is 0 Å². The summed E-state index contributed by atoms with van der Waals surface area (Å²) in [5.41, 5.74) is 2.24. The molecule has 2 amide bonds. The van der Waals surface area contributed by atoms with E-state index >= 15 is 0 Å². The first kappa shape index (κ1) is 17.0. The zero-order chi connectivity index (χ0) is 16.9. The number of nitrogens with zero attached hydrogens (tertiary/aromatic N) is 2. The highest BCUT2D eigenvalue weighted by Crippen LogP contribution is 2.18. The van der Waals surface area contributed by atoms with Gasteiger partial charge in [0, 0.05) is 32.6 Å². The van der Waals surface area contributed by atoms with Crippen molar-refractivity contribution in [2.24, 2.45) is 5.92 Å². The van der Waals surface area contributed by atoms with Crippen molar-refractivity contribution in [3.8, 4) is 0 Å². The Morgan fingerprint density at radius 1 is 1.21 bits per heavy atom. The van der Waals surface area contributed by atoms with Gasteiger partial charge in [-0.1, -0.05) is 24.3 Å². The highest BCUT2D eigenvalue weighted by Gasteiger charge is 2.24. The number of hydrogen-bond acceptors (Lipinski definition) is 3. The Morgan fingerprint density at radius 2 is 2.00 bits per heavy atom. The Hall–Kier alpha value is -1.88. The minimum Gasteiger partial charge on any atom is -0.352 e. The number of carbonyl (C=O) groups excluding carboxylic acids is 2. The molecule has 130 valence electrons. The smallest absolute Gasteiger partial charge is 0.224 e. The molecule has 0 unspecified atom stereocenters. The van der Waals surface area contributed by atoms with Gasteiger partial charge in [-0.3, -0.25) is 9.59 Å². The van der Waals surface area contributed by atoms with Crippen molar-refractivity contribution in [2.75, 3.05) is 26.7 Å². The average molecular weight is 329 g/mol. The summed E-state index contributed by atoms with van der Waals surface area (Å²) in [4.78, 5) is 28.4. The summed E-state index contributed by atoms with van der Waals surface area (Å²) in [6.45, 7) is 3.95. The number of piperidine rings is 1. The summed E-state index contributed by atoms with van der Waals surface area (Å²) in [7, 11) is 2.07. The maximum atomic E-state index is 12.4. The summed E-state index contributed by atoms with van der Waals surface area (Å²) in [6.07, 6.45) is 3.67. The molecule has 1 N–H and O–H groups in total. The number of likely N-dealkylation sites (tertiary alicyclic amines) is 2. The average Bonchev–Trinajstić information content (AvgIpc) is 2.99. The second-order valence-corrected chi connectivity index (χ2v) is 7.01. The van der Waals surface area contributed by atoms with Crippen LogP contribution < -0.4 is 5.32 Å². The molecule has 0 spiro atoms. The minimum atomic E-state index is 0.0936. The van der Waals surface area contributed by atoms with Gasteiger partial charge in [0.05, 0.1) is 5.92 Å². The minimum absolute atomic E-state index is 0.0936. The van der Waals surface area contributed by atoms with E-state index < -0.39 is 0 Å². The lowest BCUT2D eigenvalue weighted by Crippen LogP contribution is -2.41. The Kier molecular flexibility index (Phi) is 5.51. The Labute approximate surface area is 144 Å². The van der Waals surface area contributed by atoms with Crippen LogP contribution in [-0.4, -0.2) is 48.3 Å². The third-order valence-corrected chi connectivity index (χ3v) is 5.10. The standard InChI is InChI=1S/C19H27N3O2/c1-21-10-4-8-17(13-21)19(24)20-12-15-6-2-3-7-16(15)14-22-11-5-9-18(22)23/h2-3,6-7,17H,4-5,8-14H2,1H3,(H,20,24)/t17-/m0/s1. The molecule has 24 heavy (non-hydrogen) atoms. The van der Waals surface area contributed by atoms with E-state index in [-0.39, 0.29) is 17.7 Å². The molecule has 2 aliphatic rings. The van der Waals surface area contributed by atoms with Crippen LogP contribution in [0.2, 0.25) is 0 Å². The molecular formula is C19H27N3O2. The molecule has 2 saturated heterocycles. The molecule has 1 atom stereocenters. The number of nitrogens with one attached hydrogen (secondary N) is 1. The molecule has 1 aromatic carbocycles. The number of hydrogen-bond donors (Lipinski definition) is 1. The van der Waals surface area contributed by atoms with Gasteiger partial charge >= 0.3 is 0 Å². The molecule has 0 aromatic heterocycles. The van der Waals surface area contributed by atoms with E-state index in [9.17, 15) is 9.59 Å². The third kappa shape index (κ3) is 4.15. The monoisotopic (exact) mass is 329 g/mol. The zero-order valence-corrected chi connectivity index (χ0v) is 14.5. The van der Waals surface area contributed by atoms with Crippen LogP contribution in [0.3, 0.4) is 0 Å². The van der Waals surface area contributed by atoms with Crippen LogP contribution in [0.4, 0.5) is 0 Å². The van der Waals surface area contributed by atoms with E-state index in [0.29, 0.717) is 19.5 Å². The first-order valence-corrected chi connectivity index (χ1v) is 8.94. The number of amides is 2. The third-order valence-electron chi connectivity index (χ3n) is 5.10. The van der Waals surface area contributed by atoms with Crippen LogP contribution in [0.25, 0.3) is 0 Å². The van der Waals surface area contributed by atoms with Gasteiger partial charge in [-0.15, -0.1) is 0 Å². The number of carbonyl (C=O) groups is 2. The van der Waals surface area contributed by atoms with Crippen LogP contribution in [-0.2, 0) is 22.7 Å². The molecule has 2 heterocycles. The summed E-state index contributed by atoms with van der Waals surface area (Å²) in [6, 6.07) is 8.09. The quantitative estimate of drug-likeness (QED) is 0.896. The predicted octanol–water partition coefficient (Wildman–Crippen LogP) is 1.77. The number of rotatable bonds is 5. The fourth-order valence-corrected chi connectivity index (χ4v) is 3.67. The van der Waals surface area contributed by atoms with Crippen LogP contribution >= 0.6 is 0 Å². The SMILES string of the molecule is CN1CCC[C@H](C(=O)NCc2ccccc2CN2CCCC2=O)C1. The zero-order valence-electron chi connectivity index (χ0n) is 14.5. The van der Waals surface area contributed by atoms with E-state index in [2.05, 4.69) is 23.3 Å². The molecule has 0 aliphatic carbocycles. The van der Waals surface area contributed by atoms with E-state index in [4.69, 9.17) is 0 Å². The molecule has 2 aliphatic heterocycles. The molecule has 5 nitrogen and oxygen atoms in total. The maximum absolute atomic E-state index is 12.4. The molecule has 5 heteroatoms. The normalized spacial score (nSPS) is 22.0. The van der Waals surface area contributed by atoms with Gasteiger partial charge in [0.1, 0.15) is 0 Å². The van der Waals surface area contributed by atoms with Crippen molar-refractivity contribution in [2.45, 2.75) is 38.8 Å². The fraction of sp³-hybridized carbons (Fsp3) is 0.579. The molecule has 3 rings (SSSR count). The van der Waals surface area contributed by atoms with Crippen molar-refractivity contribution >= 4 is 11.8 Å². The van der Waals surface area contributed by atoms with E-state index in [1.165, 1.54) is 0 Å². The molecule has 2 fully saturated rings. The molecule has 0 radical (unpaired) electrons. The van der Waals surface area contributed by atoms with Crippen LogP contribution in [0.5, 0.6) is 0 Å². The summed E-state index contributed by atoms with van der Waals surface area (Å²) < 4.78 is 0. The van der Waals surface area contributed by atoms with Gasteiger partial charge < -0.3 is 15.1 Å². The van der Waals surface area contributed by atoms with Crippen molar-refractivity contribution in [3.63, 3.8) is 0 Å². The summed E-state index contributed by atoms with van der Waals surface area (Å²) in [5.74, 6) is 0.476. The lowest BCUT2D eigenvalue weighted by Gasteiger charge is -2.28. The predicted molar refractivity (Wildman–Crippen MR) is 93.2 cm³/mol. The molecule has 0 saturated carbocycles. The second-order valence-electron chi connectivity index (χ2n) is 7.01. The highest BCUT2D eigenvalue weighted by atomic mass is 16.2. The van der Waals surface area contributed by atoms with Gasteiger partial charge in [-0.2, -0.15) is 0 Å². The Morgan fingerprint density at radius 3 is 2.71 bits per heavy atom. The van der Waals surface area contributed by atoms with E-state index in [1.54, 1.807) is 0 Å². The van der Waals surface area contributed by atoms with Crippen molar-refractivity contribution in [1.29, 1.82) is 0 Å². The molecular weight excluding hydrogens is 302 g/mol. The van der Waals surface area contributed by atoms with E-state index in [0.717, 1.165) is 50.0 Å². The van der Waals surface area contributed by atoms with Gasteiger partial charge in [0.2, 0.25) is 11.8 Å². The Balaban J connectivity index is 1.58. The van der Waals surface area contributed by atoms with Gasteiger partial charge in [0.25, 0.3) is 0 Å². The Bertz CT molecular complexity index is 602. The second kappa shape index (κ2) is 7.79. The first-order valence-electron chi connectivity index (χ1n) is 8.94. The van der Waals surface area contributed by atoms with Gasteiger partial charge in [-0.05, 0) is 44.0 Å². The highest BCUT2D eigenvalue weighted by molar-refractivity contribution is 5.79. The lowest BCUT2D eigenvalue weighted by atomic mass is 9.97. The van der Waals surface area contributed by atoms with Crippen LogP contribution in [0, 0.1) is 5.92 Å². The largest absolute Gasteiger partial charge is 0.352 e. The van der Waals surface area contributed by atoms with Crippen molar-refractivity contribution in [3.05, 3.63) is 35.4 Å². The van der Waals surface area contributed by atoms with E-state index in [1.807, 2.05) is 23.1 Å². The topological polar surface area (TPSA) is 52.7 Å². The maximum Gasteiger partial charge on any atom is 0.224 e. The van der Waals surface area contributed by atoms with Crippen LogP contribution in [0.1, 0.15) is 36.8 Å². The summed E-state index contributed by atoms with van der Waals surface area (Å²) >= 11 is 0. The number of benzene rings is 1. The first-order chi connectivity index (χ1) is 11.6.